The van der Waals surface area contributed by atoms with Crippen molar-refractivity contribution in [3.05, 3.63) is 60.2 Å². The van der Waals surface area contributed by atoms with Crippen LogP contribution in [-0.4, -0.2) is 66.7 Å². The van der Waals surface area contributed by atoms with Crippen molar-refractivity contribution in [3.8, 4) is 11.5 Å². The number of ether oxygens (including phenoxy) is 3. The van der Waals surface area contributed by atoms with Gasteiger partial charge in [-0.05, 0) is 54.5 Å². The second kappa shape index (κ2) is 13.4. The van der Waals surface area contributed by atoms with E-state index in [0.29, 0.717) is 42.7 Å². The lowest BCUT2D eigenvalue weighted by Gasteiger charge is -2.36. The van der Waals surface area contributed by atoms with E-state index in [1.165, 1.54) is 4.90 Å². The van der Waals surface area contributed by atoms with Crippen molar-refractivity contribution in [1.29, 1.82) is 0 Å². The zero-order chi connectivity index (χ0) is 25.9. The van der Waals surface area contributed by atoms with Crippen LogP contribution in [0.25, 0.3) is 0 Å². The van der Waals surface area contributed by atoms with Crippen LogP contribution in [-0.2, 0) is 14.3 Å². The maximum atomic E-state index is 12.7. The lowest BCUT2D eigenvalue weighted by atomic mass is 10.1. The highest BCUT2D eigenvalue weighted by Gasteiger charge is 2.34. The average Bonchev–Trinajstić information content (AvgIpc) is 2.87. The lowest BCUT2D eigenvalue weighted by Crippen LogP contribution is -2.60. The molecule has 0 spiro atoms. The number of hydrogen-bond donors (Lipinski definition) is 2. The molecule has 9 nitrogen and oxygen atoms in total. The molecule has 192 valence electrons. The van der Waals surface area contributed by atoms with E-state index in [2.05, 4.69) is 24.5 Å². The van der Waals surface area contributed by atoms with Crippen LogP contribution in [0, 0.1) is 5.92 Å². The molecule has 2 N–H and O–H groups in total. The summed E-state index contributed by atoms with van der Waals surface area (Å²) in [4.78, 5) is 39.1. The van der Waals surface area contributed by atoms with E-state index in [0.717, 1.165) is 0 Å². The standard InChI is InChI=1S/C26H31N3O6S/c1-18(2)17-35-21-10-8-19(9-11-21)24(31)28-26(36)29-13-12-27-25(32)22(29)16-23(30)34-15-14-33-20-6-4-3-5-7-20/h3-11,18,22H,12-17H2,1-2H3,(H,27,32)(H,28,31,36). The van der Waals surface area contributed by atoms with Crippen LogP contribution in [0.2, 0.25) is 0 Å². The highest BCUT2D eigenvalue weighted by atomic mass is 32.1. The Bertz CT molecular complexity index is 1050. The summed E-state index contributed by atoms with van der Waals surface area (Å²) in [5, 5.41) is 5.45. The van der Waals surface area contributed by atoms with E-state index >= 15 is 0 Å². The maximum absolute atomic E-state index is 12.7. The van der Waals surface area contributed by atoms with E-state index in [4.69, 9.17) is 26.4 Å². The summed E-state index contributed by atoms with van der Waals surface area (Å²) in [6.45, 7) is 5.60. The first-order valence-corrected chi connectivity index (χ1v) is 12.2. The summed E-state index contributed by atoms with van der Waals surface area (Å²) in [5.41, 5.74) is 0.394. The number of thiocarbonyl (C=S) groups is 1. The maximum Gasteiger partial charge on any atom is 0.308 e. The third-order valence-corrected chi connectivity index (χ3v) is 5.57. The minimum absolute atomic E-state index is 0.0418. The number of hydrogen-bond acceptors (Lipinski definition) is 7. The zero-order valence-corrected chi connectivity index (χ0v) is 21.2. The fourth-order valence-corrected chi connectivity index (χ4v) is 3.73. The number of amides is 2. The Balaban J connectivity index is 1.50. The van der Waals surface area contributed by atoms with Crippen molar-refractivity contribution in [2.24, 2.45) is 5.92 Å². The molecule has 1 saturated heterocycles. The molecule has 2 aromatic rings. The molecule has 1 unspecified atom stereocenters. The number of carbonyl (C=O) groups excluding carboxylic acids is 3. The van der Waals surface area contributed by atoms with Crippen LogP contribution in [0.15, 0.2) is 54.6 Å². The molecule has 1 aliphatic rings. The van der Waals surface area contributed by atoms with Crippen LogP contribution in [0.4, 0.5) is 0 Å². The van der Waals surface area contributed by atoms with E-state index in [-0.39, 0.29) is 30.7 Å². The van der Waals surface area contributed by atoms with Crippen LogP contribution in [0.1, 0.15) is 30.6 Å². The number of esters is 1. The molecule has 0 aliphatic carbocycles. The third-order valence-electron chi connectivity index (χ3n) is 5.23. The van der Waals surface area contributed by atoms with Crippen LogP contribution in [0.3, 0.4) is 0 Å². The number of nitrogens with zero attached hydrogens (tertiary/aromatic N) is 1. The molecule has 2 amide bonds. The minimum atomic E-state index is -0.888. The number of carbonyl (C=O) groups is 3. The largest absolute Gasteiger partial charge is 0.493 e. The van der Waals surface area contributed by atoms with Gasteiger partial charge in [0.15, 0.2) is 5.11 Å². The normalized spacial score (nSPS) is 15.1. The monoisotopic (exact) mass is 513 g/mol. The first-order valence-electron chi connectivity index (χ1n) is 11.8. The summed E-state index contributed by atoms with van der Waals surface area (Å²) in [5.74, 6) is 0.390. The molecular formula is C26H31N3O6S. The number of nitrogens with one attached hydrogen (secondary N) is 2. The molecular weight excluding hydrogens is 482 g/mol. The van der Waals surface area contributed by atoms with Gasteiger partial charge in [-0.25, -0.2) is 0 Å². The molecule has 36 heavy (non-hydrogen) atoms. The Kier molecular flexibility index (Phi) is 10.1. The van der Waals surface area contributed by atoms with E-state index < -0.39 is 17.9 Å². The van der Waals surface area contributed by atoms with Crippen LogP contribution in [0.5, 0.6) is 11.5 Å². The number of benzene rings is 2. The molecule has 1 heterocycles. The summed E-state index contributed by atoms with van der Waals surface area (Å²) in [6, 6.07) is 15.0. The van der Waals surface area contributed by atoms with Crippen molar-refractivity contribution in [3.63, 3.8) is 0 Å². The average molecular weight is 514 g/mol. The van der Waals surface area contributed by atoms with Gasteiger partial charge in [0.2, 0.25) is 5.91 Å². The summed E-state index contributed by atoms with van der Waals surface area (Å²) < 4.78 is 16.4. The quantitative estimate of drug-likeness (QED) is 0.284. The Morgan fingerprint density at radius 2 is 1.75 bits per heavy atom. The molecule has 0 saturated carbocycles. The second-order valence-corrected chi connectivity index (χ2v) is 8.96. The summed E-state index contributed by atoms with van der Waals surface area (Å²) in [7, 11) is 0. The summed E-state index contributed by atoms with van der Waals surface area (Å²) in [6.07, 6.45) is -0.213. The van der Waals surface area contributed by atoms with Gasteiger partial charge in [0, 0.05) is 18.7 Å². The lowest BCUT2D eigenvalue weighted by molar-refractivity contribution is -0.148. The van der Waals surface area contributed by atoms with Gasteiger partial charge >= 0.3 is 5.97 Å². The van der Waals surface area contributed by atoms with Crippen molar-refractivity contribution < 1.29 is 28.6 Å². The highest BCUT2D eigenvalue weighted by Crippen LogP contribution is 2.15. The fraction of sp³-hybridized carbons (Fsp3) is 0.385. The minimum Gasteiger partial charge on any atom is -0.493 e. The van der Waals surface area contributed by atoms with Crippen molar-refractivity contribution in [2.45, 2.75) is 26.3 Å². The van der Waals surface area contributed by atoms with Gasteiger partial charge < -0.3 is 24.4 Å². The molecule has 0 radical (unpaired) electrons. The van der Waals surface area contributed by atoms with Gasteiger partial charge in [-0.1, -0.05) is 32.0 Å². The van der Waals surface area contributed by atoms with Gasteiger partial charge in [-0.2, -0.15) is 0 Å². The van der Waals surface area contributed by atoms with Gasteiger partial charge in [0.1, 0.15) is 30.8 Å². The van der Waals surface area contributed by atoms with Gasteiger partial charge in [-0.3, -0.25) is 19.7 Å². The third kappa shape index (κ3) is 8.23. The molecule has 1 aliphatic heterocycles. The predicted octanol–water partition coefficient (Wildman–Crippen LogP) is 2.55. The molecule has 10 heteroatoms. The van der Waals surface area contributed by atoms with Crippen LogP contribution < -0.4 is 20.1 Å². The van der Waals surface area contributed by atoms with Crippen molar-refractivity contribution >= 4 is 35.1 Å². The smallest absolute Gasteiger partial charge is 0.308 e. The van der Waals surface area contributed by atoms with Crippen LogP contribution >= 0.6 is 12.2 Å². The first-order chi connectivity index (χ1) is 17.3. The molecule has 0 aromatic heterocycles. The summed E-state index contributed by atoms with van der Waals surface area (Å²) >= 11 is 5.41. The molecule has 0 bridgehead atoms. The molecule has 3 rings (SSSR count). The van der Waals surface area contributed by atoms with Gasteiger partial charge in [0.25, 0.3) is 5.91 Å². The second-order valence-electron chi connectivity index (χ2n) is 8.57. The topological polar surface area (TPSA) is 106 Å². The van der Waals surface area contributed by atoms with Gasteiger partial charge in [-0.15, -0.1) is 0 Å². The molecule has 1 fully saturated rings. The molecule has 2 aromatic carbocycles. The Labute approximate surface area is 216 Å². The Morgan fingerprint density at radius 3 is 2.44 bits per heavy atom. The zero-order valence-electron chi connectivity index (χ0n) is 20.4. The number of para-hydroxylation sites is 1. The predicted molar refractivity (Wildman–Crippen MR) is 138 cm³/mol. The van der Waals surface area contributed by atoms with E-state index in [1.807, 2.05) is 18.2 Å². The van der Waals surface area contributed by atoms with Crippen molar-refractivity contribution in [1.82, 2.24) is 15.5 Å². The first kappa shape index (κ1) is 26.9. The van der Waals surface area contributed by atoms with E-state index in [1.54, 1.807) is 36.4 Å². The molecule has 1 atom stereocenters. The Morgan fingerprint density at radius 1 is 1.06 bits per heavy atom. The highest BCUT2D eigenvalue weighted by molar-refractivity contribution is 7.80. The SMILES string of the molecule is CC(C)COc1ccc(C(=O)NC(=S)N2CCNC(=O)C2CC(=O)OCCOc2ccccc2)cc1. The van der Waals surface area contributed by atoms with E-state index in [9.17, 15) is 14.4 Å². The van der Waals surface area contributed by atoms with Crippen molar-refractivity contribution in [2.75, 3.05) is 32.9 Å². The Hall–Kier alpha value is -3.66. The van der Waals surface area contributed by atoms with Gasteiger partial charge in [0.05, 0.1) is 13.0 Å². The number of rotatable bonds is 10. The number of piperazine rings is 1. The fourth-order valence-electron chi connectivity index (χ4n) is 3.42.